The largest absolute Gasteiger partial charge is 0.286 e. The first-order chi connectivity index (χ1) is 8.56. The molecule has 0 atom stereocenters. The maximum absolute atomic E-state index is 10.3. The second-order valence-electron chi connectivity index (χ2n) is 5.18. The van der Waals surface area contributed by atoms with E-state index in [1.807, 2.05) is 0 Å². The molecule has 0 aromatic carbocycles. The van der Waals surface area contributed by atoms with Gasteiger partial charge < -0.3 is 0 Å². The summed E-state index contributed by atoms with van der Waals surface area (Å²) in [4.78, 5) is 0. The zero-order valence-corrected chi connectivity index (χ0v) is 12.7. The molecule has 110 valence electrons. The maximum atomic E-state index is 10.3. The van der Waals surface area contributed by atoms with Gasteiger partial charge in [0.1, 0.15) is 0 Å². The number of unbranched alkanes of at least 4 members (excludes halogenated alkanes) is 5. The van der Waals surface area contributed by atoms with Crippen LogP contribution in [0.2, 0.25) is 0 Å². The van der Waals surface area contributed by atoms with Crippen molar-refractivity contribution in [3.63, 3.8) is 0 Å². The van der Waals surface area contributed by atoms with E-state index in [1.165, 1.54) is 57.8 Å². The van der Waals surface area contributed by atoms with E-state index in [4.69, 9.17) is 4.55 Å². The monoisotopic (exact) mass is 278 g/mol. The van der Waals surface area contributed by atoms with Crippen molar-refractivity contribution in [3.05, 3.63) is 0 Å². The van der Waals surface area contributed by atoms with Gasteiger partial charge in [0, 0.05) is 0 Å². The number of hydrogen-bond donors (Lipinski definition) is 1. The van der Waals surface area contributed by atoms with E-state index >= 15 is 0 Å². The molecule has 0 unspecified atom stereocenters. The Kier molecular flexibility index (Phi) is 11.9. The van der Waals surface area contributed by atoms with E-state index in [-0.39, 0.29) is 5.75 Å². The summed E-state index contributed by atoms with van der Waals surface area (Å²) in [7, 11) is -3.72. The van der Waals surface area contributed by atoms with Gasteiger partial charge >= 0.3 is 0 Å². The van der Waals surface area contributed by atoms with Crippen LogP contribution >= 0.6 is 0 Å². The first-order valence-electron chi connectivity index (χ1n) is 7.51. The number of rotatable bonds is 7. The summed E-state index contributed by atoms with van der Waals surface area (Å²) in [5.41, 5.74) is 0. The molecule has 1 fully saturated rings. The maximum Gasteiger partial charge on any atom is 0.264 e. The molecule has 0 radical (unpaired) electrons. The van der Waals surface area contributed by atoms with Crippen LogP contribution in [0.3, 0.4) is 0 Å². The molecule has 0 saturated heterocycles. The topological polar surface area (TPSA) is 54.4 Å². The first-order valence-corrected chi connectivity index (χ1v) is 9.12. The highest BCUT2D eigenvalue weighted by molar-refractivity contribution is 7.85. The van der Waals surface area contributed by atoms with E-state index < -0.39 is 10.1 Å². The lowest BCUT2D eigenvalue weighted by molar-refractivity contribution is 0.478. The molecule has 1 aliphatic rings. The van der Waals surface area contributed by atoms with E-state index in [0.29, 0.717) is 6.42 Å². The fraction of sp³-hybridized carbons (Fsp3) is 1.00. The molecule has 0 aliphatic heterocycles. The minimum atomic E-state index is -3.72. The summed E-state index contributed by atoms with van der Waals surface area (Å²) in [6, 6.07) is 0. The van der Waals surface area contributed by atoms with Crippen molar-refractivity contribution >= 4 is 10.1 Å². The Balaban J connectivity index is 0.000000397. The molecule has 0 spiro atoms. The summed E-state index contributed by atoms with van der Waals surface area (Å²) in [6.45, 7) is 2.14. The molecule has 1 aliphatic carbocycles. The molecule has 0 amide bonds. The Morgan fingerprint density at radius 1 is 0.778 bits per heavy atom. The van der Waals surface area contributed by atoms with Gasteiger partial charge in [-0.3, -0.25) is 4.55 Å². The summed E-state index contributed by atoms with van der Waals surface area (Å²) in [5.74, 6) is -0.0842. The predicted octanol–water partition coefficient (Wildman–Crippen LogP) is 4.58. The smallest absolute Gasteiger partial charge is 0.264 e. The third-order valence-corrected chi connectivity index (χ3v) is 4.06. The minimum absolute atomic E-state index is 0.0842. The summed E-state index contributed by atoms with van der Waals surface area (Å²) in [6.07, 6.45) is 15.1. The van der Waals surface area contributed by atoms with Crippen molar-refractivity contribution in [2.24, 2.45) is 0 Å². The second kappa shape index (κ2) is 12.0. The average molecular weight is 278 g/mol. The fourth-order valence-electron chi connectivity index (χ4n) is 2.13. The molecule has 3 nitrogen and oxygen atoms in total. The summed E-state index contributed by atoms with van der Waals surface area (Å²) in [5, 5.41) is 0. The van der Waals surface area contributed by atoms with Gasteiger partial charge in [0.15, 0.2) is 0 Å². The summed E-state index contributed by atoms with van der Waals surface area (Å²) >= 11 is 0. The lowest BCUT2D eigenvalue weighted by atomic mass is 10.0. The highest BCUT2D eigenvalue weighted by Gasteiger charge is 2.02. The van der Waals surface area contributed by atoms with E-state index in [1.54, 1.807) is 0 Å². The SMILES string of the molecule is C1CCCCC1.CCCCCCCCS(=O)(=O)O. The van der Waals surface area contributed by atoms with Crippen LogP contribution in [-0.2, 0) is 10.1 Å². The Hall–Kier alpha value is -0.0900. The molecule has 0 bridgehead atoms. The van der Waals surface area contributed by atoms with Crippen LogP contribution in [0, 0.1) is 0 Å². The molecular weight excluding hydrogens is 248 g/mol. The lowest BCUT2D eigenvalue weighted by Crippen LogP contribution is -2.03. The van der Waals surface area contributed by atoms with Crippen LogP contribution in [0.4, 0.5) is 0 Å². The van der Waals surface area contributed by atoms with Crippen molar-refractivity contribution in [2.75, 3.05) is 5.75 Å². The van der Waals surface area contributed by atoms with Gasteiger partial charge in [-0.2, -0.15) is 8.42 Å². The zero-order chi connectivity index (χ0) is 13.7. The van der Waals surface area contributed by atoms with E-state index in [9.17, 15) is 8.42 Å². The van der Waals surface area contributed by atoms with Crippen molar-refractivity contribution in [2.45, 2.75) is 84.0 Å². The molecule has 0 aromatic rings. The molecule has 1 saturated carbocycles. The third kappa shape index (κ3) is 15.9. The van der Waals surface area contributed by atoms with Crippen LogP contribution in [0.15, 0.2) is 0 Å². The average Bonchev–Trinajstić information content (AvgIpc) is 2.35. The van der Waals surface area contributed by atoms with Gasteiger partial charge in [0.05, 0.1) is 5.75 Å². The zero-order valence-electron chi connectivity index (χ0n) is 11.9. The van der Waals surface area contributed by atoms with Gasteiger partial charge in [-0.1, -0.05) is 77.6 Å². The number of hydrogen-bond acceptors (Lipinski definition) is 2. The van der Waals surface area contributed by atoms with Gasteiger partial charge in [-0.15, -0.1) is 0 Å². The molecule has 4 heteroatoms. The molecule has 1 N–H and O–H groups in total. The standard InChI is InChI=1S/C8H18O3S.C6H12/c1-2-3-4-5-6-7-8-12(9,10)11;1-2-4-6-5-3-1/h2-8H2,1H3,(H,9,10,11);1-6H2. The Bertz CT molecular complexity index is 245. The Morgan fingerprint density at radius 2 is 1.17 bits per heavy atom. The van der Waals surface area contributed by atoms with Crippen LogP contribution in [0.5, 0.6) is 0 Å². The van der Waals surface area contributed by atoms with Crippen LogP contribution in [0.1, 0.15) is 84.0 Å². The van der Waals surface area contributed by atoms with Crippen molar-refractivity contribution in [1.29, 1.82) is 0 Å². The van der Waals surface area contributed by atoms with Crippen molar-refractivity contribution in [1.82, 2.24) is 0 Å². The molecule has 0 heterocycles. The fourth-order valence-corrected chi connectivity index (χ4v) is 2.69. The highest BCUT2D eigenvalue weighted by atomic mass is 32.2. The molecule has 18 heavy (non-hydrogen) atoms. The molecular formula is C14H30O3S. The van der Waals surface area contributed by atoms with Crippen LogP contribution in [0.25, 0.3) is 0 Å². The minimum Gasteiger partial charge on any atom is -0.286 e. The lowest BCUT2D eigenvalue weighted by Gasteiger charge is -2.05. The summed E-state index contributed by atoms with van der Waals surface area (Å²) < 4.78 is 28.9. The quantitative estimate of drug-likeness (QED) is 0.548. The van der Waals surface area contributed by atoms with Gasteiger partial charge in [0.2, 0.25) is 0 Å². The van der Waals surface area contributed by atoms with Crippen LogP contribution < -0.4 is 0 Å². The third-order valence-electron chi connectivity index (χ3n) is 3.26. The predicted molar refractivity (Wildman–Crippen MR) is 77.5 cm³/mol. The normalized spacial score (nSPS) is 15.9. The van der Waals surface area contributed by atoms with E-state index in [0.717, 1.165) is 12.8 Å². The Labute approximate surface area is 113 Å². The first kappa shape index (κ1) is 17.9. The molecule has 0 aromatic heterocycles. The van der Waals surface area contributed by atoms with Gasteiger partial charge in [-0.25, -0.2) is 0 Å². The Morgan fingerprint density at radius 3 is 1.56 bits per heavy atom. The van der Waals surface area contributed by atoms with Crippen LogP contribution in [-0.4, -0.2) is 18.7 Å². The molecule has 1 rings (SSSR count). The van der Waals surface area contributed by atoms with E-state index in [2.05, 4.69) is 6.92 Å². The van der Waals surface area contributed by atoms with Gasteiger partial charge in [0.25, 0.3) is 10.1 Å². The highest BCUT2D eigenvalue weighted by Crippen LogP contribution is 2.15. The van der Waals surface area contributed by atoms with Crippen molar-refractivity contribution in [3.8, 4) is 0 Å². The van der Waals surface area contributed by atoms with Crippen molar-refractivity contribution < 1.29 is 13.0 Å². The second-order valence-corrected chi connectivity index (χ2v) is 6.75. The van der Waals surface area contributed by atoms with Gasteiger partial charge in [-0.05, 0) is 6.42 Å².